The number of carbonyl (C=O) groups is 3. The molecule has 2 rings (SSSR count). The highest BCUT2D eigenvalue weighted by atomic mass is 16.5. The maximum absolute atomic E-state index is 13.3. The Balaban J connectivity index is 2.42. The second-order valence-electron chi connectivity index (χ2n) is 6.19. The number of methoxy groups -OCH3 is 2. The Morgan fingerprint density at radius 3 is 1.78 bits per heavy atom. The fourth-order valence-electron chi connectivity index (χ4n) is 2.86. The summed E-state index contributed by atoms with van der Waals surface area (Å²) in [4.78, 5) is 37.0. The van der Waals surface area contributed by atoms with E-state index in [4.69, 9.17) is 4.74 Å². The summed E-state index contributed by atoms with van der Waals surface area (Å²) in [5, 5.41) is 2.66. The van der Waals surface area contributed by atoms with Crippen molar-refractivity contribution in [2.24, 2.45) is 0 Å². The predicted octanol–water partition coefficient (Wildman–Crippen LogP) is 2.21. The number of ether oxygens (including phenoxy) is 2. The number of carbonyl (C=O) groups excluding carboxylic acids is 3. The van der Waals surface area contributed by atoms with E-state index in [1.165, 1.54) is 14.2 Å². The summed E-state index contributed by atoms with van der Waals surface area (Å²) in [6, 6.07) is 17.3. The molecule has 0 saturated heterocycles. The van der Waals surface area contributed by atoms with Gasteiger partial charge >= 0.3 is 11.9 Å². The first-order chi connectivity index (χ1) is 12.9. The third-order valence-electron chi connectivity index (χ3n) is 4.55. The van der Waals surface area contributed by atoms with E-state index in [9.17, 15) is 14.4 Å². The number of amides is 1. The molecule has 0 aliphatic rings. The molecule has 1 atom stereocenters. The van der Waals surface area contributed by atoms with Crippen LogP contribution >= 0.6 is 0 Å². The molecule has 0 spiro atoms. The van der Waals surface area contributed by atoms with Crippen molar-refractivity contribution in [2.45, 2.75) is 24.8 Å². The molecule has 2 aromatic rings. The molecule has 6 nitrogen and oxygen atoms in total. The van der Waals surface area contributed by atoms with Gasteiger partial charge in [0.1, 0.15) is 6.04 Å². The first-order valence-electron chi connectivity index (χ1n) is 8.50. The first kappa shape index (κ1) is 20.2. The van der Waals surface area contributed by atoms with E-state index >= 15 is 0 Å². The second kappa shape index (κ2) is 8.98. The van der Waals surface area contributed by atoms with E-state index in [1.54, 1.807) is 6.92 Å². The third-order valence-corrected chi connectivity index (χ3v) is 4.55. The molecular weight excluding hydrogens is 346 g/mol. The van der Waals surface area contributed by atoms with E-state index in [0.717, 1.165) is 11.1 Å². The summed E-state index contributed by atoms with van der Waals surface area (Å²) in [6.07, 6.45) is -0.311. The average Bonchev–Trinajstić information content (AvgIpc) is 2.72. The van der Waals surface area contributed by atoms with Crippen molar-refractivity contribution in [1.82, 2.24) is 5.32 Å². The first-order valence-corrected chi connectivity index (χ1v) is 8.50. The van der Waals surface area contributed by atoms with Gasteiger partial charge in [-0.3, -0.25) is 9.59 Å². The van der Waals surface area contributed by atoms with Gasteiger partial charge in [0.15, 0.2) is 0 Å². The summed E-state index contributed by atoms with van der Waals surface area (Å²) in [5.74, 6) is -1.75. The number of benzene rings is 2. The Labute approximate surface area is 158 Å². The van der Waals surface area contributed by atoms with Crippen LogP contribution in [0, 0.1) is 0 Å². The number of rotatable bonds is 7. The van der Waals surface area contributed by atoms with Crippen LogP contribution in [0.3, 0.4) is 0 Å². The van der Waals surface area contributed by atoms with Crippen molar-refractivity contribution < 1.29 is 23.9 Å². The molecule has 1 amide bonds. The highest BCUT2D eigenvalue weighted by Crippen LogP contribution is 2.32. The van der Waals surface area contributed by atoms with E-state index in [1.807, 2.05) is 60.7 Å². The largest absolute Gasteiger partial charge is 0.469 e. The summed E-state index contributed by atoms with van der Waals surface area (Å²) < 4.78 is 9.34. The summed E-state index contributed by atoms with van der Waals surface area (Å²) in [6.45, 7) is 1.78. The molecule has 0 bridgehead atoms. The summed E-state index contributed by atoms with van der Waals surface area (Å²) in [5.41, 5.74) is 0.455. The van der Waals surface area contributed by atoms with Gasteiger partial charge in [-0.05, 0) is 18.1 Å². The van der Waals surface area contributed by atoms with Crippen molar-refractivity contribution in [3.05, 3.63) is 71.8 Å². The fraction of sp³-hybridized carbons (Fsp3) is 0.286. The van der Waals surface area contributed by atoms with Crippen LogP contribution in [0.4, 0.5) is 0 Å². The van der Waals surface area contributed by atoms with Gasteiger partial charge < -0.3 is 14.8 Å². The minimum Gasteiger partial charge on any atom is -0.469 e. The normalized spacial score (nSPS) is 12.0. The highest BCUT2D eigenvalue weighted by Gasteiger charge is 2.39. The zero-order valence-electron chi connectivity index (χ0n) is 15.6. The predicted molar refractivity (Wildman–Crippen MR) is 99.9 cm³/mol. The zero-order valence-corrected chi connectivity index (χ0v) is 15.6. The van der Waals surface area contributed by atoms with Crippen molar-refractivity contribution in [1.29, 1.82) is 0 Å². The Morgan fingerprint density at radius 2 is 1.37 bits per heavy atom. The van der Waals surface area contributed by atoms with Crippen LogP contribution in [-0.2, 0) is 29.3 Å². The van der Waals surface area contributed by atoms with Crippen LogP contribution in [0.1, 0.15) is 24.5 Å². The minimum absolute atomic E-state index is 0.311. The lowest BCUT2D eigenvalue weighted by atomic mass is 9.75. The topological polar surface area (TPSA) is 81.7 Å². The lowest BCUT2D eigenvalue weighted by Gasteiger charge is -2.31. The molecule has 0 unspecified atom stereocenters. The van der Waals surface area contributed by atoms with Gasteiger partial charge in [0.2, 0.25) is 5.91 Å². The Kier molecular flexibility index (Phi) is 6.71. The van der Waals surface area contributed by atoms with Gasteiger partial charge in [0.25, 0.3) is 0 Å². The number of esters is 2. The molecule has 2 aromatic carbocycles. The molecule has 6 heteroatoms. The second-order valence-corrected chi connectivity index (χ2v) is 6.19. The Hall–Kier alpha value is -3.15. The van der Waals surface area contributed by atoms with Gasteiger partial charge in [-0.15, -0.1) is 0 Å². The van der Waals surface area contributed by atoms with Crippen LogP contribution < -0.4 is 5.32 Å². The van der Waals surface area contributed by atoms with Crippen LogP contribution in [-0.4, -0.2) is 38.1 Å². The van der Waals surface area contributed by atoms with Crippen LogP contribution in [0.2, 0.25) is 0 Å². The highest BCUT2D eigenvalue weighted by molar-refractivity contribution is 5.95. The molecule has 0 heterocycles. The quantitative estimate of drug-likeness (QED) is 0.757. The smallest absolute Gasteiger partial charge is 0.328 e. The van der Waals surface area contributed by atoms with Crippen molar-refractivity contribution >= 4 is 17.8 Å². The van der Waals surface area contributed by atoms with Crippen LogP contribution in [0.15, 0.2) is 60.7 Å². The molecule has 0 fully saturated rings. The Morgan fingerprint density at radius 1 is 0.889 bits per heavy atom. The van der Waals surface area contributed by atoms with Crippen LogP contribution in [0.5, 0.6) is 0 Å². The van der Waals surface area contributed by atoms with E-state index in [2.05, 4.69) is 10.1 Å². The molecule has 27 heavy (non-hydrogen) atoms. The molecule has 0 aliphatic carbocycles. The van der Waals surface area contributed by atoms with Crippen LogP contribution in [0.25, 0.3) is 0 Å². The van der Waals surface area contributed by atoms with Gasteiger partial charge in [-0.1, -0.05) is 60.7 Å². The maximum atomic E-state index is 13.3. The van der Waals surface area contributed by atoms with Gasteiger partial charge in [-0.2, -0.15) is 0 Å². The van der Waals surface area contributed by atoms with Gasteiger partial charge in [-0.25, -0.2) is 4.79 Å². The number of hydrogen-bond donors (Lipinski definition) is 1. The summed E-state index contributed by atoms with van der Waals surface area (Å²) in [7, 11) is 2.42. The number of hydrogen-bond acceptors (Lipinski definition) is 5. The fourth-order valence-corrected chi connectivity index (χ4v) is 2.86. The SMILES string of the molecule is COC(=O)C[C@H](NC(=O)C(C)(c1ccccc1)c1ccccc1)C(=O)OC. The lowest BCUT2D eigenvalue weighted by Crippen LogP contribution is -2.51. The number of nitrogens with one attached hydrogen (secondary N) is 1. The minimum atomic E-state index is -1.14. The van der Waals surface area contributed by atoms with Crippen molar-refractivity contribution in [2.75, 3.05) is 14.2 Å². The standard InChI is InChI=1S/C21H23NO5/c1-21(15-10-6-4-7-11-15,16-12-8-5-9-13-16)20(25)22-17(19(24)27-3)14-18(23)26-2/h4-13,17H,14H2,1-3H3,(H,22,25)/t17-/m0/s1. The monoisotopic (exact) mass is 369 g/mol. The van der Waals surface area contributed by atoms with Gasteiger partial charge in [0, 0.05) is 0 Å². The van der Waals surface area contributed by atoms with Gasteiger partial charge in [0.05, 0.1) is 26.1 Å². The Bertz CT molecular complexity index is 749. The van der Waals surface area contributed by atoms with Crippen molar-refractivity contribution in [3.8, 4) is 0 Å². The zero-order chi connectivity index (χ0) is 19.9. The molecule has 0 aromatic heterocycles. The molecular formula is C21H23NO5. The molecule has 0 aliphatic heterocycles. The third kappa shape index (κ3) is 4.53. The lowest BCUT2D eigenvalue weighted by molar-refractivity contribution is -0.151. The van der Waals surface area contributed by atoms with E-state index in [0.29, 0.717) is 0 Å². The molecule has 0 radical (unpaired) electrons. The maximum Gasteiger partial charge on any atom is 0.328 e. The molecule has 1 N–H and O–H groups in total. The molecule has 142 valence electrons. The molecule has 0 saturated carbocycles. The van der Waals surface area contributed by atoms with Crippen molar-refractivity contribution in [3.63, 3.8) is 0 Å². The van der Waals surface area contributed by atoms with E-state index in [-0.39, 0.29) is 6.42 Å². The average molecular weight is 369 g/mol. The van der Waals surface area contributed by atoms with E-state index < -0.39 is 29.3 Å². The summed E-state index contributed by atoms with van der Waals surface area (Å²) >= 11 is 0.